The van der Waals surface area contributed by atoms with Gasteiger partial charge in [0, 0.05) is 4.88 Å². The molecule has 6 heteroatoms. The first kappa shape index (κ1) is 17.2. The lowest BCUT2D eigenvalue weighted by Crippen LogP contribution is -2.30. The number of terminal acetylenes is 1. The summed E-state index contributed by atoms with van der Waals surface area (Å²) in [5.41, 5.74) is 1.57. The van der Waals surface area contributed by atoms with Gasteiger partial charge in [0.1, 0.15) is 5.70 Å². The van der Waals surface area contributed by atoms with Crippen molar-refractivity contribution in [2.75, 3.05) is 12.4 Å². The highest BCUT2D eigenvalue weighted by Gasteiger charge is 2.33. The van der Waals surface area contributed by atoms with Crippen LogP contribution < -0.4 is 5.32 Å². The zero-order valence-electron chi connectivity index (χ0n) is 12.9. The maximum atomic E-state index is 12.2. The number of allylic oxidation sites excluding steroid dienone is 2. The van der Waals surface area contributed by atoms with Gasteiger partial charge in [-0.25, -0.2) is 4.79 Å². The monoisotopic (exact) mass is 344 g/mol. The lowest BCUT2D eigenvalue weighted by molar-refractivity contribution is -0.138. The highest BCUT2D eigenvalue weighted by atomic mass is 32.2. The second kappa shape index (κ2) is 7.92. The van der Waals surface area contributed by atoms with E-state index in [1.54, 1.807) is 18.3 Å². The number of thiophene rings is 1. The summed E-state index contributed by atoms with van der Waals surface area (Å²) in [6.45, 7) is 3.94. The predicted molar refractivity (Wildman–Crippen MR) is 93.5 cm³/mol. The van der Waals surface area contributed by atoms with Crippen molar-refractivity contribution in [1.29, 1.82) is 5.26 Å². The summed E-state index contributed by atoms with van der Waals surface area (Å²) in [7, 11) is 0. The van der Waals surface area contributed by atoms with Gasteiger partial charge in [0.15, 0.2) is 0 Å². The SMILES string of the molecule is C#CCSC1=C(C)C(c2cccs2)C(C#N)=C(C(=O)OCC)N1. The van der Waals surface area contributed by atoms with Crippen LogP contribution in [0.4, 0.5) is 0 Å². The summed E-state index contributed by atoms with van der Waals surface area (Å²) < 4.78 is 5.09. The van der Waals surface area contributed by atoms with Crippen molar-refractivity contribution in [3.05, 3.63) is 44.3 Å². The number of nitriles is 1. The molecule has 0 saturated heterocycles. The minimum atomic E-state index is -0.517. The van der Waals surface area contributed by atoms with Crippen molar-refractivity contribution in [3.8, 4) is 18.4 Å². The van der Waals surface area contributed by atoms with Crippen LogP contribution in [-0.4, -0.2) is 18.3 Å². The highest BCUT2D eigenvalue weighted by molar-refractivity contribution is 8.03. The van der Waals surface area contributed by atoms with Crippen LogP contribution in [-0.2, 0) is 9.53 Å². The number of carbonyl (C=O) groups is 1. The van der Waals surface area contributed by atoms with E-state index >= 15 is 0 Å². The van der Waals surface area contributed by atoms with Crippen LogP contribution in [0.2, 0.25) is 0 Å². The number of hydrogen-bond acceptors (Lipinski definition) is 6. The van der Waals surface area contributed by atoms with E-state index < -0.39 is 5.97 Å². The van der Waals surface area contributed by atoms with Gasteiger partial charge in [-0.3, -0.25) is 0 Å². The van der Waals surface area contributed by atoms with Crippen molar-refractivity contribution in [2.24, 2.45) is 0 Å². The zero-order chi connectivity index (χ0) is 16.8. The Morgan fingerprint density at radius 2 is 2.39 bits per heavy atom. The molecule has 0 radical (unpaired) electrons. The van der Waals surface area contributed by atoms with E-state index in [0.717, 1.165) is 15.5 Å². The number of carbonyl (C=O) groups excluding carboxylic acids is 1. The molecule has 1 unspecified atom stereocenters. The van der Waals surface area contributed by atoms with Gasteiger partial charge in [-0.05, 0) is 30.9 Å². The van der Waals surface area contributed by atoms with Crippen LogP contribution in [0.15, 0.2) is 39.4 Å². The molecule has 0 bridgehead atoms. The molecule has 1 aromatic rings. The smallest absolute Gasteiger partial charge is 0.355 e. The molecule has 0 spiro atoms. The van der Waals surface area contributed by atoms with Gasteiger partial charge >= 0.3 is 5.97 Å². The second-order valence-electron chi connectivity index (χ2n) is 4.70. The van der Waals surface area contributed by atoms with Gasteiger partial charge in [-0.15, -0.1) is 17.8 Å². The Hall–Kier alpha value is -2.15. The Balaban J connectivity index is 2.52. The fourth-order valence-electron chi connectivity index (χ4n) is 2.33. The minimum Gasteiger partial charge on any atom is -0.461 e. The second-order valence-corrected chi connectivity index (χ2v) is 6.66. The Labute approximate surface area is 144 Å². The average molecular weight is 344 g/mol. The van der Waals surface area contributed by atoms with Gasteiger partial charge in [-0.2, -0.15) is 5.26 Å². The van der Waals surface area contributed by atoms with E-state index in [9.17, 15) is 10.1 Å². The predicted octanol–water partition coefficient (Wildman–Crippen LogP) is 3.37. The van der Waals surface area contributed by atoms with E-state index in [4.69, 9.17) is 11.2 Å². The summed E-state index contributed by atoms with van der Waals surface area (Å²) in [4.78, 5) is 13.3. The topological polar surface area (TPSA) is 62.1 Å². The molecule has 1 aliphatic rings. The van der Waals surface area contributed by atoms with Crippen molar-refractivity contribution >= 4 is 29.1 Å². The minimum absolute atomic E-state index is 0.206. The molecule has 0 saturated carbocycles. The first-order valence-electron chi connectivity index (χ1n) is 7.02. The maximum absolute atomic E-state index is 12.2. The van der Waals surface area contributed by atoms with E-state index in [1.807, 2.05) is 24.4 Å². The fraction of sp³-hybridized carbons (Fsp3) is 0.294. The van der Waals surface area contributed by atoms with Crippen LogP contribution >= 0.6 is 23.1 Å². The fourth-order valence-corrected chi connectivity index (χ4v) is 3.98. The number of ether oxygens (including phenoxy) is 1. The Morgan fingerprint density at radius 1 is 1.61 bits per heavy atom. The lowest BCUT2D eigenvalue weighted by atomic mass is 9.88. The molecule has 0 fully saturated rings. The van der Waals surface area contributed by atoms with E-state index in [2.05, 4.69) is 17.3 Å². The Morgan fingerprint density at radius 3 is 2.96 bits per heavy atom. The number of rotatable bonds is 5. The van der Waals surface area contributed by atoms with Crippen LogP contribution in [0.25, 0.3) is 0 Å². The van der Waals surface area contributed by atoms with E-state index in [-0.39, 0.29) is 18.2 Å². The molecule has 1 aromatic heterocycles. The molecule has 23 heavy (non-hydrogen) atoms. The summed E-state index contributed by atoms with van der Waals surface area (Å²) >= 11 is 3.00. The molecule has 2 heterocycles. The molecule has 0 aromatic carbocycles. The summed E-state index contributed by atoms with van der Waals surface area (Å²) in [6.07, 6.45) is 5.34. The molecule has 118 valence electrons. The van der Waals surface area contributed by atoms with Gasteiger partial charge in [-0.1, -0.05) is 23.7 Å². The summed E-state index contributed by atoms with van der Waals surface area (Å²) in [6, 6.07) is 6.08. The van der Waals surface area contributed by atoms with Crippen LogP contribution in [0.5, 0.6) is 0 Å². The lowest BCUT2D eigenvalue weighted by Gasteiger charge is -2.28. The number of thioether (sulfide) groups is 1. The van der Waals surface area contributed by atoms with Crippen LogP contribution in [0, 0.1) is 23.7 Å². The highest BCUT2D eigenvalue weighted by Crippen LogP contribution is 2.41. The van der Waals surface area contributed by atoms with E-state index in [1.165, 1.54) is 11.8 Å². The normalized spacial score (nSPS) is 17.3. The molecule has 1 N–H and O–H groups in total. The molecule has 1 atom stereocenters. The van der Waals surface area contributed by atoms with Gasteiger partial charge < -0.3 is 10.1 Å². The third-order valence-electron chi connectivity index (χ3n) is 3.32. The largest absolute Gasteiger partial charge is 0.461 e. The molecule has 0 aliphatic carbocycles. The molecular weight excluding hydrogens is 328 g/mol. The third-order valence-corrected chi connectivity index (χ3v) is 5.28. The summed E-state index contributed by atoms with van der Waals surface area (Å²) in [5, 5.41) is 15.4. The van der Waals surface area contributed by atoms with Crippen molar-refractivity contribution in [1.82, 2.24) is 5.32 Å². The maximum Gasteiger partial charge on any atom is 0.355 e. The Bertz CT molecular complexity index is 734. The van der Waals surface area contributed by atoms with Gasteiger partial charge in [0.05, 0.1) is 34.9 Å². The van der Waals surface area contributed by atoms with Crippen molar-refractivity contribution < 1.29 is 9.53 Å². The number of esters is 1. The molecule has 2 rings (SSSR count). The molecule has 1 aliphatic heterocycles. The molecule has 0 amide bonds. The third kappa shape index (κ3) is 3.61. The van der Waals surface area contributed by atoms with Gasteiger partial charge in [0.2, 0.25) is 0 Å². The number of nitrogens with one attached hydrogen (secondary N) is 1. The van der Waals surface area contributed by atoms with Crippen molar-refractivity contribution in [3.63, 3.8) is 0 Å². The zero-order valence-corrected chi connectivity index (χ0v) is 14.5. The molecule has 4 nitrogen and oxygen atoms in total. The Kier molecular flexibility index (Phi) is 5.92. The van der Waals surface area contributed by atoms with Crippen molar-refractivity contribution in [2.45, 2.75) is 19.8 Å². The summed E-state index contributed by atoms with van der Waals surface area (Å²) in [5.74, 6) is 2.29. The number of dihydropyridines is 1. The van der Waals surface area contributed by atoms with E-state index in [0.29, 0.717) is 11.3 Å². The standard InChI is InChI=1S/C17H16N2O2S2/c1-4-8-23-16-11(3)14(13-7-6-9-22-13)12(10-18)15(19-16)17(20)21-5-2/h1,6-7,9,14,19H,5,8H2,2-3H3. The van der Waals surface area contributed by atoms with Crippen LogP contribution in [0.3, 0.4) is 0 Å². The number of nitrogens with zero attached hydrogens (tertiary/aromatic N) is 1. The van der Waals surface area contributed by atoms with Gasteiger partial charge in [0.25, 0.3) is 0 Å². The first-order chi connectivity index (χ1) is 11.1. The van der Waals surface area contributed by atoms with Crippen LogP contribution in [0.1, 0.15) is 24.6 Å². The number of hydrogen-bond donors (Lipinski definition) is 1. The molecular formula is C17H16N2O2S2. The first-order valence-corrected chi connectivity index (χ1v) is 8.89. The quantitative estimate of drug-likeness (QED) is 0.655. The average Bonchev–Trinajstić information content (AvgIpc) is 3.07.